The quantitative estimate of drug-likeness (QED) is 0.736. The molecule has 0 saturated carbocycles. The van der Waals surface area contributed by atoms with Gasteiger partial charge in [0.1, 0.15) is 0 Å². The fourth-order valence-corrected chi connectivity index (χ4v) is 1.51. The van der Waals surface area contributed by atoms with Crippen LogP contribution in [0.3, 0.4) is 0 Å². The molecule has 0 aliphatic heterocycles. The van der Waals surface area contributed by atoms with E-state index in [0.29, 0.717) is 13.0 Å². The number of aromatic amines is 1. The fraction of sp³-hybridized carbons (Fsp3) is 0.727. The molecule has 0 saturated heterocycles. The lowest BCUT2D eigenvalue weighted by Gasteiger charge is -2.18. The molecular formula is C11H20FN3. The van der Waals surface area contributed by atoms with E-state index in [1.807, 2.05) is 6.20 Å². The maximum Gasteiger partial charge on any atom is 0.0906 e. The molecule has 2 N–H and O–H groups in total. The largest absolute Gasteiger partial charge is 0.312 e. The van der Waals surface area contributed by atoms with E-state index in [1.54, 1.807) is 0 Å². The smallest absolute Gasteiger partial charge is 0.0906 e. The number of nitrogens with one attached hydrogen (secondary N) is 2. The maximum atomic E-state index is 11.9. The van der Waals surface area contributed by atoms with Crippen LogP contribution in [0.4, 0.5) is 4.39 Å². The molecule has 1 rings (SSSR count). The molecule has 0 fully saturated rings. The number of halogens is 1. The summed E-state index contributed by atoms with van der Waals surface area (Å²) < 4.78 is 11.9. The van der Waals surface area contributed by atoms with Gasteiger partial charge in [-0.3, -0.25) is 9.49 Å². The molecule has 0 aliphatic carbocycles. The SMILES string of the molecule is CC(C)(C)c1[nH]ncc1CNCCCF. The molecule has 0 bridgehead atoms. The highest BCUT2D eigenvalue weighted by Crippen LogP contribution is 2.22. The van der Waals surface area contributed by atoms with Gasteiger partial charge < -0.3 is 5.32 Å². The van der Waals surface area contributed by atoms with E-state index in [9.17, 15) is 4.39 Å². The van der Waals surface area contributed by atoms with E-state index < -0.39 is 0 Å². The van der Waals surface area contributed by atoms with Crippen molar-refractivity contribution in [2.24, 2.45) is 0 Å². The number of aromatic nitrogens is 2. The first-order valence-corrected chi connectivity index (χ1v) is 5.35. The maximum absolute atomic E-state index is 11.9. The second kappa shape index (κ2) is 5.26. The van der Waals surface area contributed by atoms with Gasteiger partial charge in [0, 0.05) is 23.2 Å². The van der Waals surface area contributed by atoms with Crippen molar-refractivity contribution < 1.29 is 4.39 Å². The van der Waals surface area contributed by atoms with Gasteiger partial charge in [-0.15, -0.1) is 0 Å². The first kappa shape index (κ1) is 12.2. The van der Waals surface area contributed by atoms with Gasteiger partial charge in [-0.2, -0.15) is 5.10 Å². The van der Waals surface area contributed by atoms with Crippen molar-refractivity contribution >= 4 is 0 Å². The summed E-state index contributed by atoms with van der Waals surface area (Å²) in [6.45, 7) is 7.64. The molecular weight excluding hydrogens is 193 g/mol. The summed E-state index contributed by atoms with van der Waals surface area (Å²) in [4.78, 5) is 0. The lowest BCUT2D eigenvalue weighted by atomic mass is 9.89. The van der Waals surface area contributed by atoms with E-state index in [1.165, 1.54) is 5.56 Å². The molecule has 1 heterocycles. The van der Waals surface area contributed by atoms with Crippen LogP contribution < -0.4 is 5.32 Å². The minimum Gasteiger partial charge on any atom is -0.312 e. The number of hydrogen-bond acceptors (Lipinski definition) is 2. The summed E-state index contributed by atoms with van der Waals surface area (Å²) in [5.74, 6) is 0. The average molecular weight is 213 g/mol. The highest BCUT2D eigenvalue weighted by atomic mass is 19.1. The summed E-state index contributed by atoms with van der Waals surface area (Å²) in [6, 6.07) is 0. The van der Waals surface area contributed by atoms with E-state index in [0.717, 1.165) is 12.2 Å². The molecule has 1 aromatic rings. The summed E-state index contributed by atoms with van der Waals surface area (Å²) >= 11 is 0. The predicted octanol–water partition coefficient (Wildman–Crippen LogP) is 2.16. The van der Waals surface area contributed by atoms with Crippen LogP contribution in [0.15, 0.2) is 6.20 Å². The number of H-pyrrole nitrogens is 1. The molecule has 15 heavy (non-hydrogen) atoms. The Bertz CT molecular complexity index is 288. The summed E-state index contributed by atoms with van der Waals surface area (Å²) in [7, 11) is 0. The fourth-order valence-electron chi connectivity index (χ4n) is 1.51. The monoisotopic (exact) mass is 213 g/mol. The minimum atomic E-state index is -0.259. The van der Waals surface area contributed by atoms with Gasteiger partial charge in [0.2, 0.25) is 0 Å². The first-order valence-electron chi connectivity index (χ1n) is 5.35. The number of nitrogens with zero attached hydrogens (tertiary/aromatic N) is 1. The van der Waals surface area contributed by atoms with E-state index in [4.69, 9.17) is 0 Å². The Morgan fingerprint density at radius 1 is 1.47 bits per heavy atom. The molecule has 0 amide bonds. The van der Waals surface area contributed by atoms with Crippen LogP contribution in [0.1, 0.15) is 38.4 Å². The molecule has 0 aromatic carbocycles. The molecule has 3 nitrogen and oxygen atoms in total. The lowest BCUT2D eigenvalue weighted by molar-refractivity contribution is 0.458. The van der Waals surface area contributed by atoms with Gasteiger partial charge >= 0.3 is 0 Å². The second-order valence-corrected chi connectivity index (χ2v) is 4.74. The highest BCUT2D eigenvalue weighted by molar-refractivity contribution is 5.23. The molecule has 0 radical (unpaired) electrons. The van der Waals surface area contributed by atoms with Crippen LogP contribution in [0.2, 0.25) is 0 Å². The van der Waals surface area contributed by atoms with Crippen LogP contribution in [-0.2, 0) is 12.0 Å². The third-order valence-corrected chi connectivity index (χ3v) is 2.27. The number of alkyl halides is 1. The normalized spacial score (nSPS) is 12.0. The van der Waals surface area contributed by atoms with Crippen molar-refractivity contribution in [3.05, 3.63) is 17.5 Å². The Morgan fingerprint density at radius 2 is 2.20 bits per heavy atom. The Labute approximate surface area is 90.5 Å². The van der Waals surface area contributed by atoms with Crippen molar-refractivity contribution in [3.63, 3.8) is 0 Å². The predicted molar refractivity (Wildman–Crippen MR) is 59.6 cm³/mol. The minimum absolute atomic E-state index is 0.0770. The zero-order valence-electron chi connectivity index (χ0n) is 9.73. The van der Waals surface area contributed by atoms with Crippen molar-refractivity contribution in [2.75, 3.05) is 13.2 Å². The van der Waals surface area contributed by atoms with Crippen molar-refractivity contribution in [1.82, 2.24) is 15.5 Å². The molecule has 0 atom stereocenters. The third kappa shape index (κ3) is 3.63. The standard InChI is InChI=1S/C11H20FN3/c1-11(2,3)10-9(8-14-15-10)7-13-6-4-5-12/h8,13H,4-7H2,1-3H3,(H,14,15). The van der Waals surface area contributed by atoms with Crippen molar-refractivity contribution in [3.8, 4) is 0 Å². The van der Waals surface area contributed by atoms with Crippen LogP contribution in [0.25, 0.3) is 0 Å². The Balaban J connectivity index is 2.51. The summed E-state index contributed by atoms with van der Waals surface area (Å²) in [5, 5.41) is 10.3. The number of hydrogen-bond donors (Lipinski definition) is 2. The summed E-state index contributed by atoms with van der Waals surface area (Å²) in [5.41, 5.74) is 2.39. The number of rotatable bonds is 5. The molecule has 1 aromatic heterocycles. The highest BCUT2D eigenvalue weighted by Gasteiger charge is 2.19. The summed E-state index contributed by atoms with van der Waals surface area (Å²) in [6.07, 6.45) is 2.41. The van der Waals surface area contributed by atoms with E-state index in [-0.39, 0.29) is 12.1 Å². The Kier molecular flexibility index (Phi) is 4.27. The third-order valence-electron chi connectivity index (χ3n) is 2.27. The Hall–Kier alpha value is -0.900. The zero-order valence-corrected chi connectivity index (χ0v) is 9.73. The second-order valence-electron chi connectivity index (χ2n) is 4.74. The molecule has 0 aliphatic rings. The zero-order chi connectivity index (χ0) is 11.3. The van der Waals surface area contributed by atoms with Gasteiger partial charge in [-0.1, -0.05) is 20.8 Å². The Morgan fingerprint density at radius 3 is 2.80 bits per heavy atom. The first-order chi connectivity index (χ1) is 7.05. The molecule has 4 heteroatoms. The van der Waals surface area contributed by atoms with Gasteiger partial charge in [0.15, 0.2) is 0 Å². The molecule has 0 unspecified atom stereocenters. The van der Waals surface area contributed by atoms with Gasteiger partial charge in [-0.05, 0) is 13.0 Å². The molecule has 0 spiro atoms. The van der Waals surface area contributed by atoms with Crippen LogP contribution in [0.5, 0.6) is 0 Å². The van der Waals surface area contributed by atoms with Crippen LogP contribution in [0, 0.1) is 0 Å². The van der Waals surface area contributed by atoms with Gasteiger partial charge in [0.05, 0.1) is 12.9 Å². The van der Waals surface area contributed by atoms with Gasteiger partial charge in [0.25, 0.3) is 0 Å². The van der Waals surface area contributed by atoms with Gasteiger partial charge in [-0.25, -0.2) is 0 Å². The van der Waals surface area contributed by atoms with E-state index >= 15 is 0 Å². The average Bonchev–Trinajstić information content (AvgIpc) is 2.59. The van der Waals surface area contributed by atoms with Crippen molar-refractivity contribution in [2.45, 2.75) is 39.2 Å². The van der Waals surface area contributed by atoms with E-state index in [2.05, 4.69) is 36.3 Å². The van der Waals surface area contributed by atoms with Crippen LogP contribution >= 0.6 is 0 Å². The topological polar surface area (TPSA) is 40.7 Å². The lowest BCUT2D eigenvalue weighted by Crippen LogP contribution is -2.20. The van der Waals surface area contributed by atoms with Crippen molar-refractivity contribution in [1.29, 1.82) is 0 Å². The van der Waals surface area contributed by atoms with Crippen LogP contribution in [-0.4, -0.2) is 23.4 Å². The molecule has 86 valence electrons.